The standard InChI is InChI=1S/C27H31FN2O6S/c1-16-21-11-17(7-10-24(21)37(32,33)30(16)13-19-15-34-27(5,6)35-19)22-14-29(25(31)36-26(2,3)4)23-12-18(28)8-9-20(22)23/h7-12,14,16,19H,13,15H2,1-6H3. The van der Waals surface area contributed by atoms with E-state index in [-0.39, 0.29) is 17.5 Å². The maximum absolute atomic E-state index is 14.1. The molecule has 2 aromatic carbocycles. The van der Waals surface area contributed by atoms with E-state index in [0.29, 0.717) is 34.2 Å². The summed E-state index contributed by atoms with van der Waals surface area (Å²) in [6.07, 6.45) is 0.611. The lowest BCUT2D eigenvalue weighted by atomic mass is 9.99. The second kappa shape index (κ2) is 8.62. The van der Waals surface area contributed by atoms with Gasteiger partial charge in [0.1, 0.15) is 11.4 Å². The molecule has 5 rings (SSSR count). The highest BCUT2D eigenvalue weighted by atomic mass is 32.2. The van der Waals surface area contributed by atoms with E-state index >= 15 is 0 Å². The van der Waals surface area contributed by atoms with Gasteiger partial charge in [0, 0.05) is 29.7 Å². The molecule has 0 bridgehead atoms. The highest BCUT2D eigenvalue weighted by Gasteiger charge is 2.44. The van der Waals surface area contributed by atoms with Crippen molar-refractivity contribution in [2.75, 3.05) is 13.2 Å². The fourth-order valence-electron chi connectivity index (χ4n) is 4.97. The molecular formula is C27H31FN2O6S. The van der Waals surface area contributed by atoms with Gasteiger partial charge in [-0.15, -0.1) is 0 Å². The van der Waals surface area contributed by atoms with Crippen LogP contribution in [-0.4, -0.2) is 54.0 Å². The largest absolute Gasteiger partial charge is 0.443 e. The molecule has 3 heterocycles. The average molecular weight is 531 g/mol. The van der Waals surface area contributed by atoms with Crippen LogP contribution < -0.4 is 0 Å². The minimum Gasteiger partial charge on any atom is -0.443 e. The van der Waals surface area contributed by atoms with Crippen molar-refractivity contribution >= 4 is 27.0 Å². The lowest BCUT2D eigenvalue weighted by Gasteiger charge is -2.24. The number of sulfonamides is 1. The third-order valence-corrected chi connectivity index (χ3v) is 8.61. The van der Waals surface area contributed by atoms with E-state index in [1.54, 1.807) is 59.0 Å². The number of hydrogen-bond acceptors (Lipinski definition) is 6. The van der Waals surface area contributed by atoms with Crippen molar-refractivity contribution in [3.63, 3.8) is 0 Å². The summed E-state index contributed by atoms with van der Waals surface area (Å²) in [6, 6.07) is 8.93. The van der Waals surface area contributed by atoms with E-state index in [9.17, 15) is 17.6 Å². The van der Waals surface area contributed by atoms with Crippen LogP contribution in [0.2, 0.25) is 0 Å². The third kappa shape index (κ3) is 4.67. The van der Waals surface area contributed by atoms with Crippen LogP contribution in [0, 0.1) is 5.82 Å². The Hall–Kier alpha value is -2.79. The van der Waals surface area contributed by atoms with Crippen LogP contribution >= 0.6 is 0 Å². The lowest BCUT2D eigenvalue weighted by molar-refractivity contribution is -0.139. The Morgan fingerprint density at radius 2 is 1.92 bits per heavy atom. The van der Waals surface area contributed by atoms with E-state index in [1.807, 2.05) is 13.0 Å². The molecule has 0 spiro atoms. The van der Waals surface area contributed by atoms with E-state index in [1.165, 1.54) is 21.0 Å². The highest BCUT2D eigenvalue weighted by Crippen LogP contribution is 2.43. The van der Waals surface area contributed by atoms with Crippen molar-refractivity contribution in [2.45, 2.75) is 70.0 Å². The van der Waals surface area contributed by atoms with Crippen LogP contribution in [0.3, 0.4) is 0 Å². The molecule has 0 amide bonds. The Balaban J connectivity index is 1.54. The normalized spacial score (nSPS) is 22.9. The maximum Gasteiger partial charge on any atom is 0.419 e. The average Bonchev–Trinajstić information content (AvgIpc) is 3.39. The molecule has 2 aliphatic heterocycles. The van der Waals surface area contributed by atoms with Gasteiger partial charge in [-0.25, -0.2) is 17.6 Å². The monoisotopic (exact) mass is 530 g/mol. The van der Waals surface area contributed by atoms with Gasteiger partial charge in [-0.3, -0.25) is 4.57 Å². The molecule has 1 aromatic heterocycles. The SMILES string of the molecule is CC1c2cc(-c3cn(C(=O)OC(C)(C)C)c4cc(F)ccc34)ccc2S(=O)(=O)N1CC1COC(C)(C)O1. The summed E-state index contributed by atoms with van der Waals surface area (Å²) in [7, 11) is -3.73. The van der Waals surface area contributed by atoms with Gasteiger partial charge in [-0.05, 0) is 83.0 Å². The van der Waals surface area contributed by atoms with Gasteiger partial charge in [0.2, 0.25) is 10.0 Å². The second-order valence-electron chi connectivity index (χ2n) is 11.0. The number of carbonyl (C=O) groups excluding carboxylic acids is 1. The van der Waals surface area contributed by atoms with E-state index in [2.05, 4.69) is 0 Å². The first kappa shape index (κ1) is 25.8. The Morgan fingerprint density at radius 3 is 2.57 bits per heavy atom. The third-order valence-electron chi connectivity index (χ3n) is 6.60. The zero-order valence-electron chi connectivity index (χ0n) is 21.7. The first-order valence-electron chi connectivity index (χ1n) is 12.2. The molecule has 2 unspecified atom stereocenters. The van der Waals surface area contributed by atoms with Crippen LogP contribution in [-0.2, 0) is 24.2 Å². The summed E-state index contributed by atoms with van der Waals surface area (Å²) >= 11 is 0. The fourth-order valence-corrected chi connectivity index (χ4v) is 6.88. The maximum atomic E-state index is 14.1. The van der Waals surface area contributed by atoms with Crippen molar-refractivity contribution in [3.05, 3.63) is 54.0 Å². The second-order valence-corrected chi connectivity index (χ2v) is 12.9. The topological polar surface area (TPSA) is 87.1 Å². The van der Waals surface area contributed by atoms with Crippen molar-refractivity contribution in [1.29, 1.82) is 0 Å². The van der Waals surface area contributed by atoms with Crippen LogP contribution in [0.25, 0.3) is 22.0 Å². The molecule has 0 radical (unpaired) electrons. The molecule has 0 N–H and O–H groups in total. The number of nitrogens with zero attached hydrogens (tertiary/aromatic N) is 2. The molecule has 37 heavy (non-hydrogen) atoms. The van der Waals surface area contributed by atoms with Gasteiger partial charge < -0.3 is 14.2 Å². The predicted molar refractivity (Wildman–Crippen MR) is 136 cm³/mol. The lowest BCUT2D eigenvalue weighted by Crippen LogP contribution is -2.36. The van der Waals surface area contributed by atoms with Crippen LogP contribution in [0.15, 0.2) is 47.5 Å². The number of rotatable bonds is 3. The van der Waals surface area contributed by atoms with Gasteiger partial charge in [-0.2, -0.15) is 4.31 Å². The summed E-state index contributed by atoms with van der Waals surface area (Å²) in [5.41, 5.74) is 1.67. The van der Waals surface area contributed by atoms with Crippen molar-refractivity contribution < 1.29 is 31.8 Å². The van der Waals surface area contributed by atoms with E-state index < -0.39 is 39.4 Å². The number of ether oxygens (including phenoxy) is 3. The van der Waals surface area contributed by atoms with Crippen LogP contribution in [0.4, 0.5) is 9.18 Å². The number of fused-ring (bicyclic) bond motifs is 2. The Morgan fingerprint density at radius 1 is 1.19 bits per heavy atom. The smallest absolute Gasteiger partial charge is 0.419 e. The van der Waals surface area contributed by atoms with Gasteiger partial charge in [0.15, 0.2) is 5.79 Å². The summed E-state index contributed by atoms with van der Waals surface area (Å²) in [4.78, 5) is 13.2. The number of aromatic nitrogens is 1. The first-order chi connectivity index (χ1) is 17.2. The number of carbonyl (C=O) groups is 1. The molecule has 10 heteroatoms. The molecule has 8 nitrogen and oxygen atoms in total. The Bertz CT molecular complexity index is 1510. The van der Waals surface area contributed by atoms with E-state index in [4.69, 9.17) is 14.2 Å². The molecule has 2 atom stereocenters. The number of benzene rings is 2. The predicted octanol–water partition coefficient (Wildman–Crippen LogP) is 5.45. The summed E-state index contributed by atoms with van der Waals surface area (Å²) in [5.74, 6) is -1.23. The Kier molecular flexibility index (Phi) is 6.02. The number of hydrogen-bond donors (Lipinski definition) is 0. The van der Waals surface area contributed by atoms with Crippen molar-refractivity contribution in [2.24, 2.45) is 0 Å². The fraction of sp³-hybridized carbons (Fsp3) is 0.444. The molecule has 0 aliphatic carbocycles. The zero-order chi connectivity index (χ0) is 26.9. The minimum atomic E-state index is -3.73. The number of halogens is 1. The van der Waals surface area contributed by atoms with Gasteiger partial charge in [0.25, 0.3) is 0 Å². The van der Waals surface area contributed by atoms with Gasteiger partial charge in [-0.1, -0.05) is 6.07 Å². The first-order valence-corrected chi connectivity index (χ1v) is 13.6. The minimum absolute atomic E-state index is 0.175. The quantitative estimate of drug-likeness (QED) is 0.448. The Labute approximate surface area is 216 Å². The van der Waals surface area contributed by atoms with Gasteiger partial charge in [0.05, 0.1) is 23.1 Å². The summed E-state index contributed by atoms with van der Waals surface area (Å²) < 4.78 is 60.7. The molecule has 3 aromatic rings. The molecule has 198 valence electrons. The zero-order valence-corrected chi connectivity index (χ0v) is 22.6. The van der Waals surface area contributed by atoms with Crippen LogP contribution in [0.1, 0.15) is 53.1 Å². The highest BCUT2D eigenvalue weighted by molar-refractivity contribution is 7.89. The molecule has 1 fully saturated rings. The molecule has 1 saturated heterocycles. The molecule has 2 aliphatic rings. The van der Waals surface area contributed by atoms with Crippen molar-refractivity contribution in [3.8, 4) is 11.1 Å². The molecular weight excluding hydrogens is 499 g/mol. The van der Waals surface area contributed by atoms with Crippen LogP contribution in [0.5, 0.6) is 0 Å². The van der Waals surface area contributed by atoms with Gasteiger partial charge >= 0.3 is 6.09 Å². The van der Waals surface area contributed by atoms with E-state index in [0.717, 1.165) is 0 Å². The summed E-state index contributed by atoms with van der Waals surface area (Å²) in [6.45, 7) is 11.2. The molecule has 0 saturated carbocycles. The summed E-state index contributed by atoms with van der Waals surface area (Å²) in [5, 5.41) is 0.649. The van der Waals surface area contributed by atoms with Crippen molar-refractivity contribution in [1.82, 2.24) is 8.87 Å².